The lowest BCUT2D eigenvalue weighted by Gasteiger charge is -2.32. The van der Waals surface area contributed by atoms with Crippen molar-refractivity contribution in [3.05, 3.63) is 0 Å². The van der Waals surface area contributed by atoms with Crippen LogP contribution in [0.15, 0.2) is 0 Å². The summed E-state index contributed by atoms with van der Waals surface area (Å²) in [5.74, 6) is 0. The van der Waals surface area contributed by atoms with Gasteiger partial charge in [-0.15, -0.1) is 0 Å². The van der Waals surface area contributed by atoms with E-state index in [0.717, 1.165) is 0 Å². The molecule has 0 aliphatic carbocycles. The lowest BCUT2D eigenvalue weighted by molar-refractivity contribution is -0.211. The van der Waals surface area contributed by atoms with Crippen molar-refractivity contribution >= 4 is 23.4 Å². The van der Waals surface area contributed by atoms with Gasteiger partial charge in [0.2, 0.25) is 7.75 Å². The van der Waals surface area contributed by atoms with Crippen molar-refractivity contribution in [2.24, 2.45) is 0 Å². The number of aliphatic hydroxyl groups excluding tert-OH is 1. The van der Waals surface area contributed by atoms with E-state index in [4.69, 9.17) is 39.2 Å². The summed E-state index contributed by atoms with van der Waals surface area (Å²) in [5.41, 5.74) is 0. The second-order valence-electron chi connectivity index (χ2n) is 7.61. The molecule has 0 spiro atoms. The summed E-state index contributed by atoms with van der Waals surface area (Å²) in [6, 6.07) is -1.59. The Hall–Kier alpha value is 0.0399. The molecule has 8 atom stereocenters. The number of rotatable bonds is 10. The molecule has 0 amide bonds. The third-order valence-corrected chi connectivity index (χ3v) is 5.48. The number of hydrogen-bond acceptors (Lipinski definition) is 8. The molecular formula is C16H29B2NO8P-. The number of aliphatic hydroxyl groups is 1. The molecule has 2 fully saturated rings. The molecule has 9 nitrogen and oxygen atoms in total. The minimum atomic E-state index is -4.55. The molecule has 0 aromatic rings. The highest BCUT2D eigenvalue weighted by Crippen LogP contribution is 2.39. The number of ether oxygens (including phenoxy) is 4. The first-order valence-corrected chi connectivity index (χ1v) is 11.0. The van der Waals surface area contributed by atoms with Gasteiger partial charge in [-0.05, 0) is 34.1 Å². The van der Waals surface area contributed by atoms with Crippen LogP contribution in [0, 0.1) is 0 Å². The van der Waals surface area contributed by atoms with Gasteiger partial charge >= 0.3 is 0 Å². The van der Waals surface area contributed by atoms with E-state index in [2.05, 4.69) is 5.09 Å². The van der Waals surface area contributed by atoms with Gasteiger partial charge in [-0.25, -0.2) is 0 Å². The van der Waals surface area contributed by atoms with Gasteiger partial charge in [0.05, 0.1) is 31.0 Å². The van der Waals surface area contributed by atoms with Gasteiger partial charge in [0, 0.05) is 18.6 Å². The largest absolute Gasteiger partial charge is 0.766 e. The lowest BCUT2D eigenvalue weighted by Crippen LogP contribution is -2.42. The quantitative estimate of drug-likeness (QED) is 0.348. The van der Waals surface area contributed by atoms with Crippen LogP contribution >= 0.6 is 7.75 Å². The molecule has 4 unspecified atom stereocenters. The van der Waals surface area contributed by atoms with Crippen LogP contribution < -0.4 is 9.98 Å². The summed E-state index contributed by atoms with van der Waals surface area (Å²) < 4.78 is 39.6. The highest BCUT2D eigenvalue weighted by molar-refractivity contribution is 7.49. The monoisotopic (exact) mass is 416 g/mol. The van der Waals surface area contributed by atoms with Crippen LogP contribution in [0.4, 0.5) is 0 Å². The second kappa shape index (κ2) is 10.4. The van der Waals surface area contributed by atoms with Crippen molar-refractivity contribution in [2.45, 2.75) is 88.9 Å². The fraction of sp³-hybridized carbons (Fsp3) is 1.00. The van der Waals surface area contributed by atoms with E-state index in [1.807, 2.05) is 27.7 Å². The topological polar surface area (TPSA) is 119 Å². The highest BCUT2D eigenvalue weighted by Gasteiger charge is 2.44. The Bertz CT molecular complexity index is 543. The van der Waals surface area contributed by atoms with Crippen LogP contribution in [0.25, 0.3) is 0 Å². The first kappa shape index (κ1) is 24.3. The first-order valence-electron chi connectivity index (χ1n) is 9.50. The normalized spacial score (nSPS) is 38.4. The molecule has 2 saturated heterocycles. The van der Waals surface area contributed by atoms with Crippen molar-refractivity contribution in [1.82, 2.24) is 5.09 Å². The van der Waals surface area contributed by atoms with E-state index in [0.29, 0.717) is 6.42 Å². The fourth-order valence-corrected chi connectivity index (χ4v) is 4.20. The Kier molecular flexibility index (Phi) is 9.01. The van der Waals surface area contributed by atoms with Crippen LogP contribution in [-0.4, -0.2) is 88.7 Å². The average Bonchev–Trinajstić information content (AvgIpc) is 3.04. The highest BCUT2D eigenvalue weighted by atomic mass is 31.2. The smallest absolute Gasteiger partial charge is 0.204 e. The molecule has 12 heteroatoms. The van der Waals surface area contributed by atoms with Gasteiger partial charge < -0.3 is 33.5 Å². The van der Waals surface area contributed by atoms with E-state index in [9.17, 15) is 14.6 Å². The Balaban J connectivity index is 1.93. The SMILES string of the molecule is [B][C@@H]1O[C@H](COC(C)C)C(OP(=O)([O-])NC[C@H]2O[C@@H]([B])CC2OC(C)C)C1O. The maximum absolute atomic E-state index is 12.4. The molecule has 28 heavy (non-hydrogen) atoms. The van der Waals surface area contributed by atoms with Gasteiger partial charge in [-0.1, -0.05) is 0 Å². The standard InChI is InChI=1S/C16H30B2NO8P/c1-8(2)23-7-12-15(14(20)16(18)26-12)27-28(21,22)19-6-11-10(24-9(3)4)5-13(17)25-11/h8-16,20H,5-7H2,1-4H3,(H2,19,21,22)/p-1/t10?,11-,12-,13-,14?,15?,16-/m1/s1. The molecule has 0 aromatic carbocycles. The Morgan fingerprint density at radius 3 is 2.50 bits per heavy atom. The van der Waals surface area contributed by atoms with E-state index < -0.39 is 44.2 Å². The summed E-state index contributed by atoms with van der Waals surface area (Å²) in [5, 5.41) is 12.5. The van der Waals surface area contributed by atoms with Crippen molar-refractivity contribution in [3.8, 4) is 0 Å². The molecule has 2 heterocycles. The van der Waals surface area contributed by atoms with E-state index >= 15 is 0 Å². The zero-order valence-corrected chi connectivity index (χ0v) is 17.6. The van der Waals surface area contributed by atoms with Gasteiger partial charge in [-0.2, -0.15) is 0 Å². The molecule has 2 N–H and O–H groups in total. The van der Waals surface area contributed by atoms with E-state index in [1.165, 1.54) is 0 Å². The molecule has 0 aromatic heterocycles. The predicted molar refractivity (Wildman–Crippen MR) is 101 cm³/mol. The lowest BCUT2D eigenvalue weighted by atomic mass is 9.93. The zero-order valence-electron chi connectivity index (χ0n) is 16.7. The summed E-state index contributed by atoms with van der Waals surface area (Å²) in [6.45, 7) is 7.36. The number of nitrogens with one attached hydrogen (secondary N) is 1. The molecule has 4 radical (unpaired) electrons. The second-order valence-corrected chi connectivity index (χ2v) is 9.14. The molecule has 2 aliphatic rings. The first-order chi connectivity index (χ1) is 13.0. The Morgan fingerprint density at radius 1 is 1.21 bits per heavy atom. The Morgan fingerprint density at radius 2 is 1.89 bits per heavy atom. The van der Waals surface area contributed by atoms with Crippen LogP contribution in [0.2, 0.25) is 0 Å². The average molecular weight is 416 g/mol. The molecule has 2 rings (SSSR count). The van der Waals surface area contributed by atoms with Crippen LogP contribution in [0.5, 0.6) is 0 Å². The number of hydrogen-bond donors (Lipinski definition) is 2. The van der Waals surface area contributed by atoms with Crippen LogP contribution in [0.3, 0.4) is 0 Å². The molecule has 0 bridgehead atoms. The fourth-order valence-electron chi connectivity index (χ4n) is 3.14. The van der Waals surface area contributed by atoms with Crippen molar-refractivity contribution in [3.63, 3.8) is 0 Å². The van der Waals surface area contributed by atoms with Gasteiger partial charge in [0.25, 0.3) is 0 Å². The van der Waals surface area contributed by atoms with Crippen molar-refractivity contribution < 1.29 is 38.0 Å². The van der Waals surface area contributed by atoms with E-state index in [1.54, 1.807) is 0 Å². The van der Waals surface area contributed by atoms with Crippen LogP contribution in [-0.2, 0) is 28.0 Å². The van der Waals surface area contributed by atoms with Crippen molar-refractivity contribution in [1.29, 1.82) is 0 Å². The molecule has 0 saturated carbocycles. The van der Waals surface area contributed by atoms with E-state index in [-0.39, 0.29) is 31.5 Å². The molecule has 158 valence electrons. The molecule has 2 aliphatic heterocycles. The maximum Gasteiger partial charge on any atom is 0.204 e. The summed E-state index contributed by atoms with van der Waals surface area (Å²) in [7, 11) is 6.90. The van der Waals surface area contributed by atoms with Gasteiger partial charge in [-0.3, -0.25) is 9.65 Å². The van der Waals surface area contributed by atoms with Gasteiger partial charge in [0.1, 0.15) is 34.0 Å². The maximum atomic E-state index is 12.4. The predicted octanol–water partition coefficient (Wildman–Crippen LogP) is -0.814. The minimum Gasteiger partial charge on any atom is -0.766 e. The summed E-state index contributed by atoms with van der Waals surface area (Å²) in [4.78, 5) is 12.4. The van der Waals surface area contributed by atoms with Crippen LogP contribution in [0.1, 0.15) is 34.1 Å². The third kappa shape index (κ3) is 7.07. The summed E-state index contributed by atoms with van der Waals surface area (Å²) in [6.07, 6.45) is -3.86. The third-order valence-electron chi connectivity index (χ3n) is 4.39. The molecular weight excluding hydrogens is 387 g/mol. The zero-order chi connectivity index (χ0) is 21.1. The van der Waals surface area contributed by atoms with Gasteiger partial charge in [0.15, 0.2) is 0 Å². The Labute approximate surface area is 169 Å². The van der Waals surface area contributed by atoms with Crippen molar-refractivity contribution in [2.75, 3.05) is 13.2 Å². The summed E-state index contributed by atoms with van der Waals surface area (Å²) >= 11 is 0. The minimum absolute atomic E-state index is 0.0397.